The highest BCUT2D eigenvalue weighted by molar-refractivity contribution is 7.80. The molecule has 1 atom stereocenters. The van der Waals surface area contributed by atoms with Gasteiger partial charge in [0.1, 0.15) is 18.7 Å². The first-order valence-electron chi connectivity index (χ1n) is 11.1. The van der Waals surface area contributed by atoms with E-state index < -0.39 is 7.14 Å². The van der Waals surface area contributed by atoms with Crippen molar-refractivity contribution in [1.29, 1.82) is 0 Å². The monoisotopic (exact) mass is 529 g/mol. The summed E-state index contributed by atoms with van der Waals surface area (Å²) in [4.78, 5) is 11.0. The van der Waals surface area contributed by atoms with E-state index in [1.165, 1.54) is 6.20 Å². The van der Waals surface area contributed by atoms with Gasteiger partial charge in [0.2, 0.25) is 5.95 Å². The second kappa shape index (κ2) is 9.06. The van der Waals surface area contributed by atoms with E-state index in [0.29, 0.717) is 33.0 Å². The highest BCUT2D eigenvalue weighted by Crippen LogP contribution is 2.46. The number of fused-ring (bicyclic) bond motifs is 3. The van der Waals surface area contributed by atoms with E-state index in [4.69, 9.17) is 29.2 Å². The van der Waals surface area contributed by atoms with Crippen molar-refractivity contribution in [2.24, 2.45) is 0 Å². The number of para-hydroxylation sites is 1. The molecule has 0 saturated heterocycles. The van der Waals surface area contributed by atoms with Gasteiger partial charge in [-0.05, 0) is 31.5 Å². The summed E-state index contributed by atoms with van der Waals surface area (Å²) in [5.41, 5.74) is 3.60. The van der Waals surface area contributed by atoms with E-state index in [0.717, 1.165) is 41.2 Å². The van der Waals surface area contributed by atoms with Crippen LogP contribution in [0.15, 0.2) is 60.6 Å². The number of rotatable bonds is 5. The van der Waals surface area contributed by atoms with Crippen LogP contribution < -0.4 is 24.6 Å². The summed E-state index contributed by atoms with van der Waals surface area (Å²) in [6, 6.07) is 13.4. The molecule has 1 unspecified atom stereocenters. The average Bonchev–Trinajstić information content (AvgIpc) is 2.81. The van der Waals surface area contributed by atoms with Gasteiger partial charge in [-0.1, -0.05) is 23.7 Å². The Morgan fingerprint density at radius 1 is 1.20 bits per heavy atom. The summed E-state index contributed by atoms with van der Waals surface area (Å²) in [6.45, 7) is 5.72. The number of ether oxygens (including phenoxy) is 1. The fourth-order valence-electron chi connectivity index (χ4n) is 4.27. The lowest BCUT2D eigenvalue weighted by Crippen LogP contribution is -2.51. The van der Waals surface area contributed by atoms with E-state index in [1.807, 2.05) is 42.5 Å². The minimum Gasteiger partial charge on any atom is -0.477 e. The maximum atomic E-state index is 12.7. The molecule has 2 N–H and O–H groups in total. The van der Waals surface area contributed by atoms with Gasteiger partial charge in [-0.3, -0.25) is 0 Å². The number of anilines is 4. The second-order valence-electron chi connectivity index (χ2n) is 9.07. The number of nitrogens with zero attached hydrogens (tertiary/aromatic N) is 4. The topological polar surface area (TPSA) is 79.4 Å². The maximum absolute atomic E-state index is 12.7. The number of hydrogen-bond acceptors (Lipinski definition) is 8. The fourth-order valence-corrected chi connectivity index (χ4v) is 5.92. The zero-order valence-electron chi connectivity index (χ0n) is 19.7. The van der Waals surface area contributed by atoms with Crippen molar-refractivity contribution in [3.63, 3.8) is 0 Å². The molecule has 0 fully saturated rings. The number of aromatic nitrogens is 2. The zero-order valence-corrected chi connectivity index (χ0v) is 22.2. The van der Waals surface area contributed by atoms with E-state index >= 15 is 0 Å². The Morgan fingerprint density at radius 3 is 2.80 bits per heavy atom. The lowest BCUT2D eigenvalue weighted by Gasteiger charge is -2.41. The number of nitrogens with one attached hydrogen (secondary N) is 2. The lowest BCUT2D eigenvalue weighted by molar-refractivity contribution is 0.258. The van der Waals surface area contributed by atoms with Gasteiger partial charge >= 0.3 is 0 Å². The van der Waals surface area contributed by atoms with Gasteiger partial charge < -0.3 is 24.8 Å². The Morgan fingerprint density at radius 2 is 2.00 bits per heavy atom. The smallest absolute Gasteiger partial charge is 0.229 e. The molecular formula is C24H27ClN6O2PS+. The summed E-state index contributed by atoms with van der Waals surface area (Å²) in [5, 5.41) is 7.55. The number of halogens is 1. The third-order valence-corrected chi connectivity index (χ3v) is 8.59. The Balaban J connectivity index is 1.41. The van der Waals surface area contributed by atoms with Crippen LogP contribution in [0.25, 0.3) is 0 Å². The molecule has 0 aliphatic carbocycles. The van der Waals surface area contributed by atoms with Gasteiger partial charge in [-0.15, -0.1) is 0 Å². The first-order chi connectivity index (χ1) is 16.6. The van der Waals surface area contributed by atoms with Gasteiger partial charge in [0.05, 0.1) is 37.4 Å². The molecule has 0 amide bonds. The maximum Gasteiger partial charge on any atom is 0.229 e. The lowest BCUT2D eigenvalue weighted by atomic mass is 10.1. The summed E-state index contributed by atoms with van der Waals surface area (Å²) in [6.07, 6.45) is 3.64. The van der Waals surface area contributed by atoms with Crippen molar-refractivity contribution in [2.45, 2.75) is 0 Å². The van der Waals surface area contributed by atoms with Gasteiger partial charge in [-0.25, -0.2) is 4.98 Å². The molecule has 3 aromatic rings. The predicted molar refractivity (Wildman–Crippen MR) is 147 cm³/mol. The molecule has 3 heterocycles. The Kier molecular flexibility index (Phi) is 6.21. The number of benzene rings is 2. The third-order valence-electron chi connectivity index (χ3n) is 6.09. The molecule has 8 nitrogen and oxygen atoms in total. The third kappa shape index (κ3) is 4.74. The molecule has 2 aliphatic heterocycles. The molecule has 1 aromatic heterocycles. The average molecular weight is 530 g/mol. The first kappa shape index (κ1) is 24.0. The van der Waals surface area contributed by atoms with Crippen LogP contribution in [0.3, 0.4) is 0 Å². The molecule has 182 valence electrons. The largest absolute Gasteiger partial charge is 0.477 e. The van der Waals surface area contributed by atoms with Crippen molar-refractivity contribution < 1.29 is 9.30 Å². The van der Waals surface area contributed by atoms with Crippen molar-refractivity contribution in [1.82, 2.24) is 18.8 Å². The van der Waals surface area contributed by atoms with E-state index in [2.05, 4.69) is 38.7 Å². The molecule has 0 spiro atoms. The van der Waals surface area contributed by atoms with Crippen molar-refractivity contribution in [3.05, 3.63) is 65.6 Å². The predicted octanol–water partition coefficient (Wildman–Crippen LogP) is 5.20. The number of hydrogen-bond donors (Lipinski definition) is 3. The van der Waals surface area contributed by atoms with Crippen LogP contribution in [0.4, 0.5) is 28.8 Å². The Labute approximate surface area is 215 Å². The molecular weight excluding hydrogens is 503 g/mol. The Bertz CT molecular complexity index is 1380. The van der Waals surface area contributed by atoms with Crippen LogP contribution in [0, 0.1) is 0 Å². The van der Waals surface area contributed by atoms with Crippen molar-refractivity contribution >= 4 is 65.7 Å². The summed E-state index contributed by atoms with van der Waals surface area (Å²) in [7, 11) is -0.439. The molecule has 0 radical (unpaired) electrons. The van der Waals surface area contributed by atoms with Gasteiger partial charge in [-0.2, -0.15) is 8.87 Å². The second-order valence-corrected chi connectivity index (χ2v) is 13.3. The molecule has 0 bridgehead atoms. The molecule has 2 aromatic carbocycles. The highest BCUT2D eigenvalue weighted by Gasteiger charge is 2.42. The van der Waals surface area contributed by atoms with Crippen LogP contribution in [0.2, 0.25) is 5.02 Å². The molecule has 2 aliphatic rings. The van der Waals surface area contributed by atoms with Crippen LogP contribution >= 0.6 is 31.6 Å². The number of thiol groups is 1. The first-order valence-corrected chi connectivity index (χ1v) is 14.5. The summed E-state index contributed by atoms with van der Waals surface area (Å²) < 4.78 is 19.2. The van der Waals surface area contributed by atoms with E-state index in [1.54, 1.807) is 13.3 Å². The van der Waals surface area contributed by atoms with Crippen LogP contribution in [-0.4, -0.2) is 54.9 Å². The number of likely N-dealkylation sites (N-methyl/N-ethyl adjacent to an activating group) is 1. The van der Waals surface area contributed by atoms with E-state index in [9.17, 15) is 4.57 Å². The highest BCUT2D eigenvalue weighted by atomic mass is 35.5. The molecule has 5 rings (SSSR count). The standard InChI is InChI=1S/C24H27ClN6O2PS/c1-30-10-11-31(35)17(14-30)15-33-21-12-16(8-9-20(21)31)27-24-26-13-18(25)23(29-24)28-19-6-4-5-7-22(19)34(2,3)32/h4-9,12-14,35H,10-11,15H2,1-3H3,(H2,26,27,28,29)/q+1. The minimum absolute atomic E-state index is 0.358. The van der Waals surface area contributed by atoms with Crippen LogP contribution in [-0.2, 0) is 4.57 Å². The number of quaternary nitrogens is 1. The van der Waals surface area contributed by atoms with Crippen molar-refractivity contribution in [2.75, 3.05) is 50.7 Å². The normalized spacial score (nSPS) is 19.2. The van der Waals surface area contributed by atoms with Crippen LogP contribution in [0.5, 0.6) is 5.75 Å². The summed E-state index contributed by atoms with van der Waals surface area (Å²) in [5.74, 6) is 1.57. The van der Waals surface area contributed by atoms with Crippen LogP contribution in [0.1, 0.15) is 0 Å². The van der Waals surface area contributed by atoms with Gasteiger partial charge in [0.25, 0.3) is 0 Å². The van der Waals surface area contributed by atoms with Gasteiger partial charge in [0, 0.05) is 30.2 Å². The minimum atomic E-state index is -2.50. The molecule has 11 heteroatoms. The van der Waals surface area contributed by atoms with E-state index in [-0.39, 0.29) is 0 Å². The quantitative estimate of drug-likeness (QED) is 0.238. The SMILES string of the molecule is CN1C=C2COc3cc(Nc4ncc(Cl)c(Nc5ccccc5P(C)(C)=O)n4)ccc3[N+]2(S)CC1. The molecule has 35 heavy (non-hydrogen) atoms. The van der Waals surface area contributed by atoms with Crippen molar-refractivity contribution in [3.8, 4) is 5.75 Å². The fraction of sp³-hybridized carbons (Fsp3) is 0.250. The zero-order chi connectivity index (χ0) is 24.8. The summed E-state index contributed by atoms with van der Waals surface area (Å²) >= 11 is 11.4. The van der Waals surface area contributed by atoms with Gasteiger partial charge in [0.15, 0.2) is 29.6 Å². The molecule has 0 saturated carbocycles. The Hall–Kier alpha value is -2.71.